The minimum absolute atomic E-state index is 0.0608. The van der Waals surface area contributed by atoms with Crippen molar-refractivity contribution < 1.29 is 17.6 Å². The van der Waals surface area contributed by atoms with Gasteiger partial charge >= 0.3 is 0 Å². The number of aromatic nitrogens is 3. The number of sulfonamides is 1. The zero-order chi connectivity index (χ0) is 23.6. The monoisotopic (exact) mass is 484 g/mol. The van der Waals surface area contributed by atoms with Crippen LogP contribution in [0.3, 0.4) is 0 Å². The van der Waals surface area contributed by atoms with E-state index in [2.05, 4.69) is 19.7 Å². The number of hydrogen-bond acceptors (Lipinski definition) is 6. The largest absolute Gasteiger partial charge is 0.288 e. The van der Waals surface area contributed by atoms with Gasteiger partial charge < -0.3 is 0 Å². The van der Waals surface area contributed by atoms with Gasteiger partial charge in [-0.2, -0.15) is 0 Å². The summed E-state index contributed by atoms with van der Waals surface area (Å²) in [4.78, 5) is 26.1. The second-order valence-corrected chi connectivity index (χ2v) is 9.45. The molecule has 0 aliphatic heterocycles. The Kier molecular flexibility index (Phi) is 6.35. The standard InChI is InChI=1S/C23H18ClFN4O3S/c1-2-10-33(31,32)29-18-8-6-16(25)21(22(18)24)23(30)14-5-7-17-19(11-14)28-20(13-27-17)15-4-3-9-26-12-15/h3-9,11-13,29H,2,10H2,1H3. The molecule has 168 valence electrons. The molecule has 4 aromatic rings. The number of ketones is 1. The lowest BCUT2D eigenvalue weighted by atomic mass is 10.0. The van der Waals surface area contributed by atoms with Gasteiger partial charge in [0.25, 0.3) is 0 Å². The molecule has 0 spiro atoms. The molecule has 0 amide bonds. The van der Waals surface area contributed by atoms with Crippen LogP contribution in [0.1, 0.15) is 29.3 Å². The number of anilines is 1. The van der Waals surface area contributed by atoms with Crippen LogP contribution in [-0.4, -0.2) is 34.9 Å². The molecule has 7 nitrogen and oxygen atoms in total. The average Bonchev–Trinajstić information content (AvgIpc) is 2.80. The summed E-state index contributed by atoms with van der Waals surface area (Å²) in [5, 5.41) is -0.310. The normalized spacial score (nSPS) is 11.5. The Bertz CT molecular complexity index is 1460. The van der Waals surface area contributed by atoms with E-state index < -0.39 is 27.2 Å². The molecular formula is C23H18ClFN4O3S. The second kappa shape index (κ2) is 9.21. The van der Waals surface area contributed by atoms with E-state index in [0.29, 0.717) is 23.1 Å². The van der Waals surface area contributed by atoms with Gasteiger partial charge in [-0.25, -0.2) is 17.8 Å². The number of fused-ring (bicyclic) bond motifs is 1. The van der Waals surface area contributed by atoms with Gasteiger partial charge in [-0.15, -0.1) is 0 Å². The summed E-state index contributed by atoms with van der Waals surface area (Å²) in [6.45, 7) is 1.71. The van der Waals surface area contributed by atoms with Gasteiger partial charge in [-0.1, -0.05) is 18.5 Å². The van der Waals surface area contributed by atoms with Gasteiger partial charge in [0.1, 0.15) is 5.82 Å². The van der Waals surface area contributed by atoms with Gasteiger partial charge in [-0.05, 0) is 48.9 Å². The molecule has 0 saturated carbocycles. The Morgan fingerprint density at radius 2 is 1.94 bits per heavy atom. The topological polar surface area (TPSA) is 102 Å². The number of benzene rings is 2. The highest BCUT2D eigenvalue weighted by atomic mass is 35.5. The highest BCUT2D eigenvalue weighted by molar-refractivity contribution is 7.92. The third-order valence-electron chi connectivity index (χ3n) is 4.82. The summed E-state index contributed by atoms with van der Waals surface area (Å²) >= 11 is 6.27. The van der Waals surface area contributed by atoms with Crippen molar-refractivity contribution in [3.63, 3.8) is 0 Å². The molecule has 0 saturated heterocycles. The molecular weight excluding hydrogens is 467 g/mol. The molecule has 0 fully saturated rings. The Morgan fingerprint density at radius 3 is 2.67 bits per heavy atom. The highest BCUT2D eigenvalue weighted by Gasteiger charge is 2.23. The Morgan fingerprint density at radius 1 is 1.12 bits per heavy atom. The quantitative estimate of drug-likeness (QED) is 0.375. The molecule has 2 aromatic heterocycles. The van der Waals surface area contributed by atoms with Crippen LogP contribution in [0.25, 0.3) is 22.3 Å². The molecule has 1 N–H and O–H groups in total. The molecule has 2 heterocycles. The van der Waals surface area contributed by atoms with Gasteiger partial charge in [0.05, 0.1) is 45.0 Å². The minimum atomic E-state index is -3.68. The fourth-order valence-corrected chi connectivity index (χ4v) is 4.76. The number of carbonyl (C=O) groups is 1. The van der Waals surface area contributed by atoms with Crippen LogP contribution in [0.5, 0.6) is 0 Å². The Labute approximate surface area is 194 Å². The van der Waals surface area contributed by atoms with Crippen LogP contribution >= 0.6 is 11.6 Å². The van der Waals surface area contributed by atoms with Crippen LogP contribution in [0, 0.1) is 5.82 Å². The summed E-state index contributed by atoms with van der Waals surface area (Å²) in [7, 11) is -3.68. The summed E-state index contributed by atoms with van der Waals surface area (Å²) < 4.78 is 41.2. The van der Waals surface area contributed by atoms with Crippen molar-refractivity contribution in [1.82, 2.24) is 15.0 Å². The highest BCUT2D eigenvalue weighted by Crippen LogP contribution is 2.31. The van der Waals surface area contributed by atoms with Crippen molar-refractivity contribution in [2.24, 2.45) is 0 Å². The Hall–Kier alpha value is -3.43. The first-order valence-electron chi connectivity index (χ1n) is 9.99. The number of halogens is 2. The lowest BCUT2D eigenvalue weighted by molar-refractivity contribution is 0.103. The number of hydrogen-bond donors (Lipinski definition) is 1. The third kappa shape index (κ3) is 4.84. The molecule has 0 radical (unpaired) electrons. The van der Waals surface area contributed by atoms with E-state index in [0.717, 1.165) is 11.6 Å². The predicted octanol–water partition coefficient (Wildman–Crippen LogP) is 4.87. The van der Waals surface area contributed by atoms with Crippen molar-refractivity contribution in [2.45, 2.75) is 13.3 Å². The molecule has 0 atom stereocenters. The van der Waals surface area contributed by atoms with Crippen molar-refractivity contribution in [1.29, 1.82) is 0 Å². The van der Waals surface area contributed by atoms with Crippen LogP contribution in [0.15, 0.2) is 61.1 Å². The molecule has 0 aliphatic rings. The first-order chi connectivity index (χ1) is 15.8. The van der Waals surface area contributed by atoms with E-state index in [1.165, 1.54) is 18.2 Å². The van der Waals surface area contributed by atoms with Crippen molar-refractivity contribution in [2.75, 3.05) is 10.5 Å². The van der Waals surface area contributed by atoms with Gasteiger partial charge in [0.15, 0.2) is 5.78 Å². The van der Waals surface area contributed by atoms with E-state index in [1.54, 1.807) is 37.6 Å². The summed E-state index contributed by atoms with van der Waals surface area (Å²) in [5.41, 5.74) is 1.94. The van der Waals surface area contributed by atoms with E-state index in [4.69, 9.17) is 11.6 Å². The van der Waals surface area contributed by atoms with E-state index in [1.807, 2.05) is 6.07 Å². The molecule has 0 bridgehead atoms. The lowest BCUT2D eigenvalue weighted by Crippen LogP contribution is -2.17. The van der Waals surface area contributed by atoms with Gasteiger partial charge in [-0.3, -0.25) is 19.5 Å². The summed E-state index contributed by atoms with van der Waals surface area (Å²) in [5.74, 6) is -1.70. The van der Waals surface area contributed by atoms with Crippen molar-refractivity contribution in [3.8, 4) is 11.3 Å². The smallest absolute Gasteiger partial charge is 0.232 e. The van der Waals surface area contributed by atoms with E-state index in [9.17, 15) is 17.6 Å². The fourth-order valence-electron chi connectivity index (χ4n) is 3.28. The molecule has 0 unspecified atom stereocenters. The van der Waals surface area contributed by atoms with Crippen LogP contribution in [0.4, 0.5) is 10.1 Å². The van der Waals surface area contributed by atoms with Gasteiger partial charge in [0, 0.05) is 23.5 Å². The zero-order valence-electron chi connectivity index (χ0n) is 17.4. The maximum absolute atomic E-state index is 14.6. The van der Waals surface area contributed by atoms with Gasteiger partial charge in [0.2, 0.25) is 10.0 Å². The SMILES string of the molecule is CCCS(=O)(=O)Nc1ccc(F)c(C(=O)c2ccc3ncc(-c4cccnc4)nc3c2)c1Cl. The molecule has 4 rings (SSSR count). The minimum Gasteiger partial charge on any atom is -0.288 e. The van der Waals surface area contributed by atoms with Crippen molar-refractivity contribution >= 4 is 44.1 Å². The van der Waals surface area contributed by atoms with E-state index >= 15 is 0 Å². The van der Waals surface area contributed by atoms with Crippen LogP contribution in [0.2, 0.25) is 5.02 Å². The lowest BCUT2D eigenvalue weighted by Gasteiger charge is -2.13. The number of rotatable bonds is 7. The molecule has 10 heteroatoms. The first kappa shape index (κ1) is 22.8. The number of nitrogens with zero attached hydrogens (tertiary/aromatic N) is 3. The van der Waals surface area contributed by atoms with Crippen molar-refractivity contribution in [3.05, 3.63) is 83.0 Å². The van der Waals surface area contributed by atoms with Crippen LogP contribution in [-0.2, 0) is 10.0 Å². The average molecular weight is 485 g/mol. The molecule has 33 heavy (non-hydrogen) atoms. The zero-order valence-corrected chi connectivity index (χ0v) is 19.0. The maximum Gasteiger partial charge on any atom is 0.232 e. The number of carbonyl (C=O) groups excluding carboxylic acids is 1. The summed E-state index contributed by atoms with van der Waals surface area (Å²) in [6, 6.07) is 10.4. The predicted molar refractivity (Wildman–Crippen MR) is 125 cm³/mol. The molecule has 2 aromatic carbocycles. The number of pyridine rings is 1. The fraction of sp³-hybridized carbons (Fsp3) is 0.130. The molecule has 0 aliphatic carbocycles. The third-order valence-corrected chi connectivity index (χ3v) is 6.69. The second-order valence-electron chi connectivity index (χ2n) is 7.23. The summed E-state index contributed by atoms with van der Waals surface area (Å²) in [6.07, 6.45) is 5.27. The first-order valence-corrected chi connectivity index (χ1v) is 12.0. The Balaban J connectivity index is 1.74. The maximum atomic E-state index is 14.6. The number of nitrogens with one attached hydrogen (secondary N) is 1. The van der Waals surface area contributed by atoms with Crippen LogP contribution < -0.4 is 4.72 Å². The van der Waals surface area contributed by atoms with E-state index in [-0.39, 0.29) is 22.0 Å².